The molecule has 0 unspecified atom stereocenters. The number of amides is 2. The molecule has 2 aromatic carbocycles. The van der Waals surface area contributed by atoms with Crippen molar-refractivity contribution >= 4 is 17.5 Å². The predicted molar refractivity (Wildman–Crippen MR) is 91.5 cm³/mol. The van der Waals surface area contributed by atoms with Gasteiger partial charge < -0.3 is 15.4 Å². The van der Waals surface area contributed by atoms with Crippen molar-refractivity contribution in [3.05, 3.63) is 59.9 Å². The molecule has 1 saturated carbocycles. The maximum Gasteiger partial charge on any atom is 0.240 e. The van der Waals surface area contributed by atoms with Crippen molar-refractivity contribution in [2.24, 2.45) is 5.41 Å². The third-order valence-electron chi connectivity index (χ3n) is 4.31. The average Bonchev–Trinajstić information content (AvgIpc) is 3.42. The normalized spacial score (nSPS) is 14.5. The molecule has 3 rings (SSSR count). The first-order valence-electron chi connectivity index (χ1n) is 8.02. The molecule has 0 heterocycles. The van der Waals surface area contributed by atoms with Gasteiger partial charge in [-0.05, 0) is 48.7 Å². The Bertz CT molecular complexity index is 786. The molecule has 0 saturated heterocycles. The summed E-state index contributed by atoms with van der Waals surface area (Å²) in [5.41, 5.74) is 0.202. The first kappa shape index (κ1) is 17.0. The highest BCUT2D eigenvalue weighted by atomic mass is 19.1. The molecule has 0 spiro atoms. The second-order valence-electron chi connectivity index (χ2n) is 6.08. The second-order valence-corrected chi connectivity index (χ2v) is 6.08. The molecular weight excluding hydrogens is 323 g/mol. The number of anilines is 1. The first-order chi connectivity index (χ1) is 12.0. The molecule has 2 aromatic rings. The van der Waals surface area contributed by atoms with Gasteiger partial charge >= 0.3 is 0 Å². The van der Waals surface area contributed by atoms with E-state index in [-0.39, 0.29) is 5.91 Å². The summed E-state index contributed by atoms with van der Waals surface area (Å²) in [5.74, 6) is -0.405. The topological polar surface area (TPSA) is 67.4 Å². The highest BCUT2D eigenvalue weighted by Gasteiger charge is 2.56. The predicted octanol–water partition coefficient (Wildman–Crippen LogP) is 2.87. The average molecular weight is 342 g/mol. The Morgan fingerprint density at radius 1 is 1.12 bits per heavy atom. The summed E-state index contributed by atoms with van der Waals surface area (Å²) in [4.78, 5) is 24.9. The first-order valence-corrected chi connectivity index (χ1v) is 8.02. The molecule has 2 amide bonds. The molecule has 5 nitrogen and oxygen atoms in total. The Kier molecular flexibility index (Phi) is 4.70. The third-order valence-corrected chi connectivity index (χ3v) is 4.31. The van der Waals surface area contributed by atoms with Crippen molar-refractivity contribution in [2.45, 2.75) is 19.4 Å². The summed E-state index contributed by atoms with van der Waals surface area (Å²) in [6.07, 6.45) is 0.977. The number of halogens is 1. The molecular formula is C19H19FN2O3. The van der Waals surface area contributed by atoms with Crippen molar-refractivity contribution in [1.29, 1.82) is 0 Å². The molecule has 0 bridgehead atoms. The lowest BCUT2D eigenvalue weighted by molar-refractivity contribution is -0.134. The number of hydrogen-bond donors (Lipinski definition) is 2. The summed E-state index contributed by atoms with van der Waals surface area (Å²) in [7, 11) is 1.59. The Labute approximate surface area is 145 Å². The maximum absolute atomic E-state index is 13.2. The van der Waals surface area contributed by atoms with Crippen LogP contribution in [0.25, 0.3) is 0 Å². The minimum Gasteiger partial charge on any atom is -0.497 e. The van der Waals surface area contributed by atoms with E-state index in [9.17, 15) is 14.0 Å². The van der Waals surface area contributed by atoms with E-state index in [0.29, 0.717) is 25.1 Å². The van der Waals surface area contributed by atoms with E-state index in [1.165, 1.54) is 18.2 Å². The lowest BCUT2D eigenvalue weighted by atomic mass is 10.0. The Morgan fingerprint density at radius 2 is 1.84 bits per heavy atom. The molecule has 1 aliphatic rings. The number of rotatable bonds is 6. The molecule has 0 aromatic heterocycles. The van der Waals surface area contributed by atoms with E-state index in [1.54, 1.807) is 13.2 Å². The summed E-state index contributed by atoms with van der Waals surface area (Å²) >= 11 is 0. The van der Waals surface area contributed by atoms with Crippen LogP contribution in [0, 0.1) is 11.2 Å². The van der Waals surface area contributed by atoms with E-state index in [2.05, 4.69) is 10.6 Å². The molecule has 25 heavy (non-hydrogen) atoms. The van der Waals surface area contributed by atoms with Crippen LogP contribution in [0.4, 0.5) is 10.1 Å². The number of methoxy groups -OCH3 is 1. The fraction of sp³-hybridized carbons (Fsp3) is 0.263. The van der Waals surface area contributed by atoms with Gasteiger partial charge in [-0.25, -0.2) is 4.39 Å². The fourth-order valence-electron chi connectivity index (χ4n) is 2.59. The van der Waals surface area contributed by atoms with Crippen molar-refractivity contribution in [2.75, 3.05) is 12.4 Å². The lowest BCUT2D eigenvalue weighted by Crippen LogP contribution is -2.39. The van der Waals surface area contributed by atoms with E-state index in [4.69, 9.17) is 4.74 Å². The number of nitrogens with one attached hydrogen (secondary N) is 2. The number of ether oxygens (including phenoxy) is 1. The number of carbonyl (C=O) groups is 2. The molecule has 1 aliphatic carbocycles. The number of benzene rings is 2. The van der Waals surface area contributed by atoms with Gasteiger partial charge in [0, 0.05) is 12.2 Å². The highest BCUT2D eigenvalue weighted by molar-refractivity contribution is 6.13. The fourth-order valence-corrected chi connectivity index (χ4v) is 2.59. The van der Waals surface area contributed by atoms with Crippen molar-refractivity contribution in [3.8, 4) is 5.75 Å². The Hall–Kier alpha value is -2.89. The summed E-state index contributed by atoms with van der Waals surface area (Å²) < 4.78 is 18.3. The van der Waals surface area contributed by atoms with Gasteiger partial charge in [0.25, 0.3) is 0 Å². The lowest BCUT2D eigenvalue weighted by Gasteiger charge is -2.15. The van der Waals surface area contributed by atoms with Crippen LogP contribution in [0.1, 0.15) is 18.4 Å². The zero-order chi connectivity index (χ0) is 17.9. The minimum atomic E-state index is -1.06. The van der Waals surface area contributed by atoms with Gasteiger partial charge in [-0.3, -0.25) is 9.59 Å². The van der Waals surface area contributed by atoms with Crippen LogP contribution in [0.3, 0.4) is 0 Å². The van der Waals surface area contributed by atoms with Gasteiger partial charge in [-0.2, -0.15) is 0 Å². The molecule has 0 atom stereocenters. The van der Waals surface area contributed by atoms with Gasteiger partial charge in [-0.1, -0.05) is 18.2 Å². The summed E-state index contributed by atoms with van der Waals surface area (Å²) in [6, 6.07) is 12.9. The molecule has 6 heteroatoms. The van der Waals surface area contributed by atoms with Gasteiger partial charge in [-0.15, -0.1) is 0 Å². The van der Waals surface area contributed by atoms with Crippen molar-refractivity contribution < 1.29 is 18.7 Å². The largest absolute Gasteiger partial charge is 0.497 e. The molecule has 0 radical (unpaired) electrons. The van der Waals surface area contributed by atoms with Gasteiger partial charge in [0.05, 0.1) is 7.11 Å². The van der Waals surface area contributed by atoms with Gasteiger partial charge in [0.15, 0.2) is 0 Å². The van der Waals surface area contributed by atoms with Crippen LogP contribution in [-0.2, 0) is 16.1 Å². The highest BCUT2D eigenvalue weighted by Crippen LogP contribution is 2.46. The van der Waals surface area contributed by atoms with E-state index in [0.717, 1.165) is 11.3 Å². The van der Waals surface area contributed by atoms with Crippen LogP contribution in [-0.4, -0.2) is 18.9 Å². The Balaban J connectivity index is 1.59. The second kappa shape index (κ2) is 6.93. The third kappa shape index (κ3) is 3.79. The van der Waals surface area contributed by atoms with Crippen LogP contribution in [0.2, 0.25) is 0 Å². The SMILES string of the molecule is COc1ccc(CNC(=O)C2(C(=O)Nc3cccc(F)c3)CC2)cc1. The van der Waals surface area contributed by atoms with Crippen LogP contribution < -0.4 is 15.4 Å². The minimum absolute atomic E-state index is 0.308. The monoisotopic (exact) mass is 342 g/mol. The van der Waals surface area contributed by atoms with E-state index >= 15 is 0 Å². The molecule has 2 N–H and O–H groups in total. The van der Waals surface area contributed by atoms with Gasteiger partial charge in [0.2, 0.25) is 11.8 Å². The van der Waals surface area contributed by atoms with Gasteiger partial charge in [0.1, 0.15) is 17.0 Å². The molecule has 130 valence electrons. The maximum atomic E-state index is 13.2. The zero-order valence-electron chi connectivity index (χ0n) is 13.8. The smallest absolute Gasteiger partial charge is 0.240 e. The standard InChI is InChI=1S/C19H19FN2O3/c1-25-16-7-5-13(6-8-16)12-21-17(23)19(9-10-19)18(24)22-15-4-2-3-14(20)11-15/h2-8,11H,9-10,12H2,1H3,(H,21,23)(H,22,24). The van der Waals surface area contributed by atoms with Crippen LogP contribution in [0.15, 0.2) is 48.5 Å². The van der Waals surface area contributed by atoms with Crippen LogP contribution >= 0.6 is 0 Å². The van der Waals surface area contributed by atoms with Crippen LogP contribution in [0.5, 0.6) is 5.75 Å². The van der Waals surface area contributed by atoms with E-state index in [1.807, 2.05) is 24.3 Å². The van der Waals surface area contributed by atoms with Crippen molar-refractivity contribution in [3.63, 3.8) is 0 Å². The number of hydrogen-bond acceptors (Lipinski definition) is 3. The Morgan fingerprint density at radius 3 is 2.44 bits per heavy atom. The summed E-state index contributed by atoms with van der Waals surface area (Å²) in [5, 5.41) is 5.43. The van der Waals surface area contributed by atoms with E-state index < -0.39 is 17.1 Å². The molecule has 0 aliphatic heterocycles. The van der Waals surface area contributed by atoms with Crippen molar-refractivity contribution in [1.82, 2.24) is 5.32 Å². The summed E-state index contributed by atoms with van der Waals surface area (Å²) in [6.45, 7) is 0.331. The number of carbonyl (C=O) groups excluding carboxylic acids is 2. The zero-order valence-corrected chi connectivity index (χ0v) is 13.8. The quantitative estimate of drug-likeness (QED) is 0.793. The molecule has 1 fully saturated rings.